The smallest absolute Gasteiger partial charge is 0.262 e. The van der Waals surface area contributed by atoms with Crippen LogP contribution in [0.4, 0.5) is 11.4 Å². The van der Waals surface area contributed by atoms with Gasteiger partial charge in [-0.3, -0.25) is 14.4 Å². The molecule has 0 aliphatic rings. The van der Waals surface area contributed by atoms with E-state index in [-0.39, 0.29) is 11.4 Å². The van der Waals surface area contributed by atoms with Gasteiger partial charge in [-0.2, -0.15) is 0 Å². The Balaban J connectivity index is 2.52. The number of para-hydroxylation sites is 1. The topological polar surface area (TPSA) is 80.5 Å². The van der Waals surface area contributed by atoms with E-state index < -0.39 is 20.6 Å². The van der Waals surface area contributed by atoms with Crippen LogP contribution in [0.5, 0.6) is 0 Å². The van der Waals surface area contributed by atoms with Crippen LogP contribution in [0.3, 0.4) is 0 Å². The van der Waals surface area contributed by atoms with Crippen molar-refractivity contribution in [2.24, 2.45) is 0 Å². The van der Waals surface area contributed by atoms with Crippen molar-refractivity contribution >= 4 is 21.4 Å². The number of nitro groups is 1. The van der Waals surface area contributed by atoms with Crippen LogP contribution in [-0.2, 0) is 10.0 Å². The van der Waals surface area contributed by atoms with E-state index in [1.165, 1.54) is 34.1 Å². The third-order valence-corrected chi connectivity index (χ3v) is 6.66. The van der Waals surface area contributed by atoms with Crippen LogP contribution < -0.4 is 4.31 Å². The third-order valence-electron chi connectivity index (χ3n) is 4.82. The van der Waals surface area contributed by atoms with Gasteiger partial charge < -0.3 is 0 Å². The maximum Gasteiger partial charge on any atom is 0.289 e. The second-order valence-corrected chi connectivity index (χ2v) is 9.81. The Hall–Kier alpha value is -2.93. The van der Waals surface area contributed by atoms with Gasteiger partial charge in [-0.15, -0.1) is 0 Å². The van der Waals surface area contributed by atoms with E-state index in [2.05, 4.69) is 6.08 Å². The largest absolute Gasteiger partial charge is 0.289 e. The molecule has 166 valence electrons. The number of hydrogen-bond acceptors (Lipinski definition) is 4. The molecule has 6 nitrogen and oxygen atoms in total. The average Bonchev–Trinajstić information content (AvgIpc) is 2.67. The fourth-order valence-corrected chi connectivity index (χ4v) is 4.86. The fourth-order valence-electron chi connectivity index (χ4n) is 3.31. The molecular weight excluding hydrogens is 412 g/mol. The summed E-state index contributed by atoms with van der Waals surface area (Å²) in [4.78, 5) is 10.5. The zero-order chi connectivity index (χ0) is 23.2. The van der Waals surface area contributed by atoms with Gasteiger partial charge >= 0.3 is 0 Å². The lowest BCUT2D eigenvalue weighted by Crippen LogP contribution is -2.32. The molecule has 2 aromatic carbocycles. The highest BCUT2D eigenvalue weighted by molar-refractivity contribution is 7.93. The maximum atomic E-state index is 13.6. The number of allylic oxidation sites excluding steroid dienone is 3. The summed E-state index contributed by atoms with van der Waals surface area (Å²) in [5.74, 6) is 0. The molecular formula is C24H30N2O4S. The Kier molecular flexibility index (Phi) is 8.16. The molecule has 7 heteroatoms. The van der Waals surface area contributed by atoms with Gasteiger partial charge in [0.25, 0.3) is 15.7 Å². The van der Waals surface area contributed by atoms with Crippen molar-refractivity contribution in [3.8, 4) is 0 Å². The Morgan fingerprint density at radius 2 is 1.65 bits per heavy atom. The summed E-state index contributed by atoms with van der Waals surface area (Å²) in [6.45, 7) is 9.94. The van der Waals surface area contributed by atoms with Crippen LogP contribution in [0, 0.1) is 24.0 Å². The zero-order valence-corrected chi connectivity index (χ0v) is 19.6. The summed E-state index contributed by atoms with van der Waals surface area (Å²) in [5, 5.41) is 11.5. The number of aryl methyl sites for hydroxylation is 2. The molecule has 2 rings (SSSR count). The van der Waals surface area contributed by atoms with E-state index in [0.717, 1.165) is 29.5 Å². The van der Waals surface area contributed by atoms with E-state index >= 15 is 0 Å². The number of rotatable bonds is 9. The summed E-state index contributed by atoms with van der Waals surface area (Å²) in [6, 6.07) is 11.0. The molecule has 0 atom stereocenters. The first kappa shape index (κ1) is 24.3. The summed E-state index contributed by atoms with van der Waals surface area (Å²) in [6.07, 6.45) is 5.72. The minimum atomic E-state index is -4.16. The van der Waals surface area contributed by atoms with Gasteiger partial charge in [-0.25, -0.2) is 8.42 Å². The van der Waals surface area contributed by atoms with Crippen LogP contribution in [0.25, 0.3) is 0 Å². The van der Waals surface area contributed by atoms with Gasteiger partial charge in [-0.1, -0.05) is 41.5 Å². The van der Waals surface area contributed by atoms with Crippen molar-refractivity contribution < 1.29 is 13.3 Å². The van der Waals surface area contributed by atoms with E-state index in [9.17, 15) is 18.5 Å². The maximum absolute atomic E-state index is 13.6. The van der Waals surface area contributed by atoms with Crippen LogP contribution >= 0.6 is 0 Å². The first-order chi connectivity index (χ1) is 14.5. The summed E-state index contributed by atoms with van der Waals surface area (Å²) in [7, 11) is -4.16. The zero-order valence-electron chi connectivity index (χ0n) is 18.8. The van der Waals surface area contributed by atoms with Gasteiger partial charge in [0.1, 0.15) is 0 Å². The molecule has 0 saturated heterocycles. The normalized spacial score (nSPS) is 11.8. The van der Waals surface area contributed by atoms with Gasteiger partial charge in [0.05, 0.1) is 17.2 Å². The number of hydrogen-bond donors (Lipinski definition) is 0. The lowest BCUT2D eigenvalue weighted by Gasteiger charge is -2.24. The minimum absolute atomic E-state index is 0.0952. The first-order valence-electron chi connectivity index (χ1n) is 10.2. The first-order valence-corrected chi connectivity index (χ1v) is 11.6. The van der Waals surface area contributed by atoms with Crippen LogP contribution in [-0.4, -0.2) is 19.9 Å². The standard InChI is InChI=1S/C24H30N2O4S/c1-18(2)9-8-10-19(3)13-14-25(22-16-20(4)15-21(5)17-22)31(29,30)24-12-7-6-11-23(24)26(27)28/h6-7,9,11-13,15-17H,8,10,14H2,1-5H3/b19-13+. The highest BCUT2D eigenvalue weighted by atomic mass is 32.2. The third kappa shape index (κ3) is 6.52. The summed E-state index contributed by atoms with van der Waals surface area (Å²) in [5.41, 5.74) is 4.20. The molecule has 0 bridgehead atoms. The van der Waals surface area contributed by atoms with Crippen molar-refractivity contribution in [3.63, 3.8) is 0 Å². The van der Waals surface area contributed by atoms with Crippen LogP contribution in [0.15, 0.2) is 70.7 Å². The molecule has 0 saturated carbocycles. The minimum Gasteiger partial charge on any atom is -0.262 e. The lowest BCUT2D eigenvalue weighted by molar-refractivity contribution is -0.387. The lowest BCUT2D eigenvalue weighted by atomic mass is 10.1. The van der Waals surface area contributed by atoms with E-state index in [1.54, 1.807) is 12.1 Å². The van der Waals surface area contributed by atoms with Crippen molar-refractivity contribution in [1.29, 1.82) is 0 Å². The highest BCUT2D eigenvalue weighted by Gasteiger charge is 2.31. The molecule has 0 amide bonds. The molecule has 0 spiro atoms. The summed E-state index contributed by atoms with van der Waals surface area (Å²) < 4.78 is 28.4. The van der Waals surface area contributed by atoms with Crippen molar-refractivity contribution in [1.82, 2.24) is 0 Å². The van der Waals surface area contributed by atoms with Gasteiger partial charge in [0.15, 0.2) is 4.90 Å². The molecule has 0 aliphatic heterocycles. The molecule has 2 aromatic rings. The Morgan fingerprint density at radius 3 is 2.23 bits per heavy atom. The van der Waals surface area contributed by atoms with E-state index in [0.29, 0.717) is 5.69 Å². The van der Waals surface area contributed by atoms with Crippen molar-refractivity contribution in [3.05, 3.63) is 87.0 Å². The monoisotopic (exact) mass is 442 g/mol. The Morgan fingerprint density at radius 1 is 1.03 bits per heavy atom. The van der Waals surface area contributed by atoms with Gasteiger partial charge in [-0.05, 0) is 76.8 Å². The number of benzene rings is 2. The molecule has 0 N–H and O–H groups in total. The molecule has 0 heterocycles. The Labute approximate surface area is 185 Å². The SMILES string of the molecule is CC(C)=CCC/C(C)=C/CN(c1cc(C)cc(C)c1)S(=O)(=O)c1ccccc1[N+](=O)[O-]. The molecule has 0 unspecified atom stereocenters. The van der Waals surface area contributed by atoms with Crippen LogP contribution in [0.2, 0.25) is 0 Å². The van der Waals surface area contributed by atoms with E-state index in [1.807, 2.05) is 46.8 Å². The molecule has 0 aromatic heterocycles. The van der Waals surface area contributed by atoms with Gasteiger partial charge in [0.2, 0.25) is 0 Å². The van der Waals surface area contributed by atoms with Crippen LogP contribution in [0.1, 0.15) is 44.7 Å². The van der Waals surface area contributed by atoms with E-state index in [4.69, 9.17) is 0 Å². The molecule has 0 radical (unpaired) electrons. The molecule has 0 aliphatic carbocycles. The highest BCUT2D eigenvalue weighted by Crippen LogP contribution is 2.31. The number of sulfonamides is 1. The van der Waals surface area contributed by atoms with Gasteiger partial charge in [0, 0.05) is 6.07 Å². The average molecular weight is 443 g/mol. The molecule has 0 fully saturated rings. The quantitative estimate of drug-likeness (QED) is 0.267. The molecule has 31 heavy (non-hydrogen) atoms. The predicted molar refractivity (Wildman–Crippen MR) is 126 cm³/mol. The Bertz CT molecular complexity index is 1090. The number of anilines is 1. The number of nitrogens with zero attached hydrogens (tertiary/aromatic N) is 2. The van der Waals surface area contributed by atoms with Crippen molar-refractivity contribution in [2.45, 2.75) is 52.4 Å². The van der Waals surface area contributed by atoms with Crippen molar-refractivity contribution in [2.75, 3.05) is 10.8 Å². The fraction of sp³-hybridized carbons (Fsp3) is 0.333. The number of nitro benzene ring substituents is 1. The second kappa shape index (κ2) is 10.4. The predicted octanol–water partition coefficient (Wildman–Crippen LogP) is 6.10. The summed E-state index contributed by atoms with van der Waals surface area (Å²) >= 11 is 0. The second-order valence-electron chi connectivity index (χ2n) is 7.98.